The maximum absolute atomic E-state index is 11.8. The van der Waals surface area contributed by atoms with Gasteiger partial charge in [-0.3, -0.25) is 4.39 Å². The Labute approximate surface area is 77.1 Å². The van der Waals surface area contributed by atoms with Gasteiger partial charge in [-0.1, -0.05) is 11.6 Å². The van der Waals surface area contributed by atoms with Gasteiger partial charge in [0.1, 0.15) is 5.15 Å². The Morgan fingerprint density at radius 2 is 2.17 bits per heavy atom. The minimum absolute atomic E-state index is 0.238. The van der Waals surface area contributed by atoms with Gasteiger partial charge in [-0.25, -0.2) is 0 Å². The topological polar surface area (TPSA) is 4.93 Å². The summed E-state index contributed by atoms with van der Waals surface area (Å²) in [6, 6.07) is 3.84. The highest BCUT2D eigenvalue weighted by atomic mass is 35.5. The highest BCUT2D eigenvalue weighted by molar-refractivity contribution is 6.29. The van der Waals surface area contributed by atoms with Crippen LogP contribution in [0.5, 0.6) is 0 Å². The number of aryl methyl sites for hydroxylation is 1. The van der Waals surface area contributed by atoms with E-state index in [1.165, 1.54) is 0 Å². The van der Waals surface area contributed by atoms with Crippen molar-refractivity contribution in [2.75, 3.05) is 6.67 Å². The fourth-order valence-electron chi connectivity index (χ4n) is 1.19. The third-order valence-electron chi connectivity index (χ3n) is 1.91. The zero-order valence-electron chi connectivity index (χ0n) is 7.19. The van der Waals surface area contributed by atoms with E-state index in [9.17, 15) is 4.39 Å². The first-order valence-electron chi connectivity index (χ1n) is 4.13. The normalized spacial score (nSPS) is 10.6. The highest BCUT2D eigenvalue weighted by Gasteiger charge is 2.00. The Kier molecular flexibility index (Phi) is 3.60. The zero-order valence-corrected chi connectivity index (χ0v) is 7.94. The van der Waals surface area contributed by atoms with E-state index in [-0.39, 0.29) is 6.67 Å². The predicted molar refractivity (Wildman–Crippen MR) is 49.4 cm³/mol. The second kappa shape index (κ2) is 4.51. The van der Waals surface area contributed by atoms with Gasteiger partial charge in [0.2, 0.25) is 0 Å². The predicted octanol–water partition coefficient (Wildman–Crippen LogP) is 3.20. The lowest BCUT2D eigenvalue weighted by molar-refractivity contribution is 0.446. The van der Waals surface area contributed by atoms with Crippen LogP contribution in [0.15, 0.2) is 12.1 Å². The molecule has 1 heterocycles. The summed E-state index contributed by atoms with van der Waals surface area (Å²) in [5, 5.41) is 0.742. The highest BCUT2D eigenvalue weighted by Crippen LogP contribution is 2.14. The molecule has 0 unspecified atom stereocenters. The van der Waals surface area contributed by atoms with Crippen molar-refractivity contribution in [3.8, 4) is 0 Å². The van der Waals surface area contributed by atoms with Crippen LogP contribution in [-0.2, 0) is 6.54 Å². The summed E-state index contributed by atoms with van der Waals surface area (Å²) in [4.78, 5) is 0. The number of halogens is 2. The molecular formula is C9H13ClFN. The van der Waals surface area contributed by atoms with E-state index in [0.717, 1.165) is 23.8 Å². The first kappa shape index (κ1) is 9.59. The molecule has 1 nitrogen and oxygen atoms in total. The molecule has 12 heavy (non-hydrogen) atoms. The van der Waals surface area contributed by atoms with Crippen molar-refractivity contribution >= 4 is 11.6 Å². The number of alkyl halides is 1. The minimum Gasteiger partial charge on any atom is -0.336 e. The fourth-order valence-corrected chi connectivity index (χ4v) is 1.47. The van der Waals surface area contributed by atoms with Crippen LogP contribution < -0.4 is 0 Å². The van der Waals surface area contributed by atoms with E-state index >= 15 is 0 Å². The van der Waals surface area contributed by atoms with Crippen LogP contribution in [0.2, 0.25) is 5.15 Å². The molecule has 1 aromatic rings. The van der Waals surface area contributed by atoms with E-state index in [4.69, 9.17) is 11.6 Å². The molecule has 3 heteroatoms. The van der Waals surface area contributed by atoms with Crippen molar-refractivity contribution in [2.24, 2.45) is 0 Å². The van der Waals surface area contributed by atoms with Crippen molar-refractivity contribution < 1.29 is 4.39 Å². The molecule has 0 aliphatic carbocycles. The quantitative estimate of drug-likeness (QED) is 0.642. The van der Waals surface area contributed by atoms with Gasteiger partial charge in [0.25, 0.3) is 0 Å². The summed E-state index contributed by atoms with van der Waals surface area (Å²) in [7, 11) is 0. The third kappa shape index (κ3) is 2.24. The Hall–Kier alpha value is -0.500. The van der Waals surface area contributed by atoms with Gasteiger partial charge in [0, 0.05) is 12.2 Å². The maximum atomic E-state index is 11.8. The van der Waals surface area contributed by atoms with Crippen LogP contribution >= 0.6 is 11.6 Å². The molecule has 0 radical (unpaired) electrons. The molecule has 0 aromatic carbocycles. The lowest BCUT2D eigenvalue weighted by atomic mass is 10.3. The molecule has 0 aliphatic heterocycles. The molecule has 0 saturated carbocycles. The van der Waals surface area contributed by atoms with Gasteiger partial charge < -0.3 is 4.57 Å². The molecule has 0 aliphatic rings. The van der Waals surface area contributed by atoms with Crippen LogP contribution in [0.25, 0.3) is 0 Å². The van der Waals surface area contributed by atoms with Crippen molar-refractivity contribution in [1.29, 1.82) is 0 Å². The largest absolute Gasteiger partial charge is 0.336 e. The molecule has 1 aromatic heterocycles. The molecule has 68 valence electrons. The number of aromatic nitrogens is 1. The smallest absolute Gasteiger partial charge is 0.109 e. The van der Waals surface area contributed by atoms with E-state index in [2.05, 4.69) is 0 Å². The van der Waals surface area contributed by atoms with E-state index < -0.39 is 0 Å². The average Bonchev–Trinajstić information content (AvgIpc) is 2.35. The van der Waals surface area contributed by atoms with Gasteiger partial charge in [-0.15, -0.1) is 0 Å². The van der Waals surface area contributed by atoms with Gasteiger partial charge >= 0.3 is 0 Å². The number of nitrogens with zero attached hydrogens (tertiary/aromatic N) is 1. The van der Waals surface area contributed by atoms with Crippen LogP contribution in [0, 0.1) is 6.92 Å². The van der Waals surface area contributed by atoms with Gasteiger partial charge in [0.15, 0.2) is 0 Å². The average molecular weight is 190 g/mol. The third-order valence-corrected chi connectivity index (χ3v) is 2.24. The number of unbranched alkanes of at least 4 members (excludes halogenated alkanes) is 1. The van der Waals surface area contributed by atoms with Crippen LogP contribution in [0.4, 0.5) is 4.39 Å². The number of hydrogen-bond donors (Lipinski definition) is 0. The molecular weight excluding hydrogens is 177 g/mol. The van der Waals surface area contributed by atoms with E-state index in [1.54, 1.807) is 0 Å². The first-order chi connectivity index (χ1) is 5.75. The van der Waals surface area contributed by atoms with Gasteiger partial charge in [-0.05, 0) is 31.9 Å². The summed E-state index contributed by atoms with van der Waals surface area (Å²) in [5.74, 6) is 0. The Bertz CT molecular complexity index is 225. The van der Waals surface area contributed by atoms with Crippen molar-refractivity contribution in [3.63, 3.8) is 0 Å². The zero-order chi connectivity index (χ0) is 8.97. The molecule has 0 fully saturated rings. The molecule has 0 spiro atoms. The van der Waals surface area contributed by atoms with Crippen molar-refractivity contribution in [2.45, 2.75) is 26.3 Å². The minimum atomic E-state index is -0.238. The van der Waals surface area contributed by atoms with Gasteiger partial charge in [0.05, 0.1) is 6.67 Å². The lowest BCUT2D eigenvalue weighted by Crippen LogP contribution is -2.00. The maximum Gasteiger partial charge on any atom is 0.109 e. The second-order valence-electron chi connectivity index (χ2n) is 2.85. The Morgan fingerprint density at radius 3 is 2.67 bits per heavy atom. The van der Waals surface area contributed by atoms with E-state index in [1.807, 2.05) is 23.6 Å². The molecule has 0 atom stereocenters. The lowest BCUT2D eigenvalue weighted by Gasteiger charge is -2.06. The molecule has 1 rings (SSSR count). The SMILES string of the molecule is Cc1ccc(Cl)n1CCCCF. The summed E-state index contributed by atoms with van der Waals surface area (Å²) in [6.45, 7) is 2.58. The van der Waals surface area contributed by atoms with Crippen LogP contribution in [0.3, 0.4) is 0 Å². The first-order valence-corrected chi connectivity index (χ1v) is 4.51. The molecule has 0 amide bonds. The molecule has 0 N–H and O–H groups in total. The van der Waals surface area contributed by atoms with Gasteiger partial charge in [-0.2, -0.15) is 0 Å². The van der Waals surface area contributed by atoms with Crippen LogP contribution in [-0.4, -0.2) is 11.2 Å². The summed E-state index contributed by atoms with van der Waals surface area (Å²) >= 11 is 5.89. The summed E-state index contributed by atoms with van der Waals surface area (Å²) in [5.41, 5.74) is 1.14. The number of hydrogen-bond acceptors (Lipinski definition) is 0. The van der Waals surface area contributed by atoms with E-state index in [0.29, 0.717) is 6.42 Å². The van der Waals surface area contributed by atoms with Crippen LogP contribution in [0.1, 0.15) is 18.5 Å². The number of rotatable bonds is 4. The Balaban J connectivity index is 2.50. The second-order valence-corrected chi connectivity index (χ2v) is 3.23. The standard InChI is InChI=1S/C9H13ClFN/c1-8-4-5-9(10)12(8)7-3-2-6-11/h4-5H,2-3,6-7H2,1H3. The molecule has 0 bridgehead atoms. The molecule has 0 saturated heterocycles. The summed E-state index contributed by atoms with van der Waals surface area (Å²) in [6.07, 6.45) is 1.47. The van der Waals surface area contributed by atoms with Crippen molar-refractivity contribution in [3.05, 3.63) is 23.0 Å². The monoisotopic (exact) mass is 189 g/mol. The fraction of sp³-hybridized carbons (Fsp3) is 0.556. The van der Waals surface area contributed by atoms with Crippen molar-refractivity contribution in [1.82, 2.24) is 4.57 Å². The summed E-state index contributed by atoms with van der Waals surface area (Å²) < 4.78 is 13.8. The Morgan fingerprint density at radius 1 is 1.42 bits per heavy atom.